The normalized spacial score (nSPS) is 28.2. The van der Waals surface area contributed by atoms with Crippen molar-refractivity contribution in [2.24, 2.45) is 11.8 Å². The minimum absolute atomic E-state index is 0.883. The molecular formula is C15H18N2S. The minimum Gasteiger partial charge on any atom is -0.371 e. The second-order valence-corrected chi connectivity index (χ2v) is 6.74. The highest BCUT2D eigenvalue weighted by Gasteiger charge is 2.38. The Labute approximate surface area is 112 Å². The zero-order chi connectivity index (χ0) is 12.1. The quantitative estimate of drug-likeness (QED) is 0.776. The van der Waals surface area contributed by atoms with Gasteiger partial charge in [0.2, 0.25) is 0 Å². The maximum absolute atomic E-state index is 2.58. The third-order valence-corrected chi connectivity index (χ3v) is 5.37. The Bertz CT molecular complexity index is 563. The van der Waals surface area contributed by atoms with Gasteiger partial charge in [-0.15, -0.1) is 11.3 Å². The van der Waals surface area contributed by atoms with Crippen LogP contribution in [0.15, 0.2) is 29.6 Å². The lowest BCUT2D eigenvalue weighted by Crippen LogP contribution is -2.26. The first kappa shape index (κ1) is 10.8. The summed E-state index contributed by atoms with van der Waals surface area (Å²) in [6, 6.07) is 9.16. The van der Waals surface area contributed by atoms with Gasteiger partial charge in [0.25, 0.3) is 0 Å². The molecule has 2 atom stereocenters. The van der Waals surface area contributed by atoms with E-state index in [4.69, 9.17) is 0 Å². The van der Waals surface area contributed by atoms with Crippen LogP contribution in [0.2, 0.25) is 0 Å². The second kappa shape index (κ2) is 3.97. The van der Waals surface area contributed by atoms with Crippen molar-refractivity contribution in [3.63, 3.8) is 0 Å². The molecule has 18 heavy (non-hydrogen) atoms. The highest BCUT2D eigenvalue weighted by Crippen LogP contribution is 2.34. The third-order valence-electron chi connectivity index (χ3n) is 4.47. The number of likely N-dealkylation sites (tertiary alicyclic amines) is 1. The molecule has 3 heteroatoms. The van der Waals surface area contributed by atoms with Crippen molar-refractivity contribution in [3.05, 3.63) is 29.6 Å². The van der Waals surface area contributed by atoms with E-state index in [1.54, 1.807) is 0 Å². The van der Waals surface area contributed by atoms with Crippen molar-refractivity contribution in [2.45, 2.75) is 0 Å². The van der Waals surface area contributed by atoms with Crippen LogP contribution in [0.1, 0.15) is 0 Å². The van der Waals surface area contributed by atoms with E-state index in [0.717, 1.165) is 11.8 Å². The van der Waals surface area contributed by atoms with Crippen LogP contribution in [0, 0.1) is 11.8 Å². The van der Waals surface area contributed by atoms with Gasteiger partial charge in [-0.05, 0) is 53.9 Å². The topological polar surface area (TPSA) is 6.48 Å². The molecule has 2 aliphatic heterocycles. The Hall–Kier alpha value is -1.06. The number of fused-ring (bicyclic) bond motifs is 2. The van der Waals surface area contributed by atoms with Gasteiger partial charge in [0.1, 0.15) is 0 Å². The fourth-order valence-corrected chi connectivity index (χ4v) is 4.36. The van der Waals surface area contributed by atoms with Crippen LogP contribution in [0.5, 0.6) is 0 Å². The average Bonchev–Trinajstić information content (AvgIpc) is 3.00. The van der Waals surface area contributed by atoms with Crippen molar-refractivity contribution in [1.29, 1.82) is 0 Å². The largest absolute Gasteiger partial charge is 0.371 e. The van der Waals surface area contributed by atoms with Gasteiger partial charge in [0.15, 0.2) is 0 Å². The highest BCUT2D eigenvalue weighted by atomic mass is 32.1. The molecule has 2 saturated heterocycles. The van der Waals surface area contributed by atoms with Crippen LogP contribution < -0.4 is 4.90 Å². The maximum Gasteiger partial charge on any atom is 0.0373 e. The number of hydrogen-bond acceptors (Lipinski definition) is 3. The van der Waals surface area contributed by atoms with Crippen molar-refractivity contribution in [3.8, 4) is 0 Å². The molecule has 2 nitrogen and oxygen atoms in total. The summed E-state index contributed by atoms with van der Waals surface area (Å²) in [5.74, 6) is 1.77. The van der Waals surface area contributed by atoms with Gasteiger partial charge in [-0.1, -0.05) is 0 Å². The van der Waals surface area contributed by atoms with Crippen molar-refractivity contribution < 1.29 is 0 Å². The number of nitrogens with zero attached hydrogens (tertiary/aromatic N) is 2. The third kappa shape index (κ3) is 1.65. The molecule has 0 aliphatic carbocycles. The molecule has 94 valence electrons. The van der Waals surface area contributed by atoms with Gasteiger partial charge in [-0.25, -0.2) is 0 Å². The first-order chi connectivity index (χ1) is 8.79. The number of benzene rings is 1. The molecule has 2 unspecified atom stereocenters. The molecule has 3 heterocycles. The summed E-state index contributed by atoms with van der Waals surface area (Å²) in [5, 5.41) is 3.58. The molecule has 0 amide bonds. The van der Waals surface area contributed by atoms with Gasteiger partial charge in [-0.2, -0.15) is 0 Å². The Morgan fingerprint density at radius 1 is 1.06 bits per heavy atom. The lowest BCUT2D eigenvalue weighted by Gasteiger charge is -2.21. The molecule has 0 bridgehead atoms. The molecule has 0 spiro atoms. The predicted molar refractivity (Wildman–Crippen MR) is 78.5 cm³/mol. The second-order valence-electron chi connectivity index (χ2n) is 5.79. The summed E-state index contributed by atoms with van der Waals surface area (Å²) < 4.78 is 1.40. The van der Waals surface area contributed by atoms with E-state index in [1.807, 2.05) is 11.3 Å². The molecule has 4 rings (SSSR count). The molecule has 1 aromatic carbocycles. The number of hydrogen-bond donors (Lipinski definition) is 0. The number of rotatable bonds is 1. The summed E-state index contributed by atoms with van der Waals surface area (Å²) in [7, 11) is 2.25. The zero-order valence-electron chi connectivity index (χ0n) is 10.7. The van der Waals surface area contributed by atoms with E-state index in [2.05, 4.69) is 46.5 Å². The van der Waals surface area contributed by atoms with Crippen molar-refractivity contribution in [1.82, 2.24) is 4.90 Å². The van der Waals surface area contributed by atoms with E-state index >= 15 is 0 Å². The van der Waals surface area contributed by atoms with E-state index in [9.17, 15) is 0 Å². The van der Waals surface area contributed by atoms with Crippen LogP contribution in [-0.2, 0) is 0 Å². The van der Waals surface area contributed by atoms with Gasteiger partial charge < -0.3 is 9.80 Å². The molecular weight excluding hydrogens is 240 g/mol. The lowest BCUT2D eigenvalue weighted by molar-refractivity contribution is 0.387. The van der Waals surface area contributed by atoms with Crippen LogP contribution in [0.25, 0.3) is 10.1 Å². The molecule has 2 fully saturated rings. The van der Waals surface area contributed by atoms with Crippen LogP contribution in [0.3, 0.4) is 0 Å². The van der Waals surface area contributed by atoms with Crippen molar-refractivity contribution >= 4 is 27.1 Å². The van der Waals surface area contributed by atoms with Crippen LogP contribution in [-0.4, -0.2) is 38.1 Å². The summed E-state index contributed by atoms with van der Waals surface area (Å²) in [6.07, 6.45) is 0. The summed E-state index contributed by atoms with van der Waals surface area (Å²) >= 11 is 1.83. The van der Waals surface area contributed by atoms with Gasteiger partial charge in [0.05, 0.1) is 0 Å². The lowest BCUT2D eigenvalue weighted by atomic mass is 10.0. The van der Waals surface area contributed by atoms with Crippen molar-refractivity contribution in [2.75, 3.05) is 38.1 Å². The van der Waals surface area contributed by atoms with Crippen LogP contribution in [0.4, 0.5) is 5.69 Å². The monoisotopic (exact) mass is 258 g/mol. The smallest absolute Gasteiger partial charge is 0.0373 e. The molecule has 2 aromatic rings. The van der Waals surface area contributed by atoms with Crippen LogP contribution >= 0.6 is 11.3 Å². The molecule has 0 saturated carbocycles. The molecule has 1 aromatic heterocycles. The van der Waals surface area contributed by atoms with E-state index < -0.39 is 0 Å². The van der Waals surface area contributed by atoms with E-state index in [-0.39, 0.29) is 0 Å². The van der Waals surface area contributed by atoms with Gasteiger partial charge in [-0.3, -0.25) is 0 Å². The zero-order valence-corrected chi connectivity index (χ0v) is 11.5. The Kier molecular flexibility index (Phi) is 2.39. The SMILES string of the molecule is CN1CC2CN(c3ccc4sccc4c3)CC2C1. The maximum atomic E-state index is 2.58. The fourth-order valence-electron chi connectivity index (χ4n) is 3.59. The Morgan fingerprint density at radius 2 is 1.83 bits per heavy atom. The molecule has 2 aliphatic rings. The minimum atomic E-state index is 0.883. The summed E-state index contributed by atoms with van der Waals surface area (Å²) in [4.78, 5) is 5.06. The van der Waals surface area contributed by atoms with E-state index in [1.165, 1.54) is 42.0 Å². The first-order valence-corrected chi connectivity index (χ1v) is 7.58. The fraction of sp³-hybridized carbons (Fsp3) is 0.467. The summed E-state index contributed by atoms with van der Waals surface area (Å²) in [5.41, 5.74) is 1.41. The van der Waals surface area contributed by atoms with E-state index in [0.29, 0.717) is 0 Å². The van der Waals surface area contributed by atoms with Gasteiger partial charge in [0, 0.05) is 36.6 Å². The number of anilines is 1. The predicted octanol–water partition coefficient (Wildman–Crippen LogP) is 2.90. The average molecular weight is 258 g/mol. The summed E-state index contributed by atoms with van der Waals surface area (Å²) in [6.45, 7) is 5.04. The number of thiophene rings is 1. The molecule has 0 N–H and O–H groups in total. The Balaban J connectivity index is 1.61. The highest BCUT2D eigenvalue weighted by molar-refractivity contribution is 7.17. The first-order valence-electron chi connectivity index (χ1n) is 6.70. The van der Waals surface area contributed by atoms with Gasteiger partial charge >= 0.3 is 0 Å². The standard InChI is InChI=1S/C15H18N2S/c1-16-7-12-9-17(10-13(12)8-16)14-2-3-15-11(6-14)4-5-18-15/h2-6,12-13H,7-10H2,1H3. The Morgan fingerprint density at radius 3 is 2.61 bits per heavy atom. The molecule has 0 radical (unpaired) electrons.